The van der Waals surface area contributed by atoms with Crippen LogP contribution in [0, 0.1) is 0 Å². The van der Waals surface area contributed by atoms with Crippen LogP contribution < -0.4 is 0 Å². The lowest BCUT2D eigenvalue weighted by Gasteiger charge is -2.23. The first-order valence-corrected chi connectivity index (χ1v) is 8.00. The molecule has 0 aliphatic rings. The molecule has 0 spiro atoms. The van der Waals surface area contributed by atoms with E-state index in [1.807, 2.05) is 18.2 Å². The largest absolute Gasteiger partial charge is 0.464 e. The molecular formula is C17H19ClN2O5. The van der Waals surface area contributed by atoms with Crippen molar-refractivity contribution in [3.8, 4) is 0 Å². The number of carbonyl (C=O) groups excluding carboxylic acids is 2. The van der Waals surface area contributed by atoms with Crippen molar-refractivity contribution in [2.24, 2.45) is 0 Å². The Bertz CT molecular complexity index is 704. The van der Waals surface area contributed by atoms with Gasteiger partial charge in [0, 0.05) is 13.7 Å². The van der Waals surface area contributed by atoms with Gasteiger partial charge >= 0.3 is 5.97 Å². The van der Waals surface area contributed by atoms with Gasteiger partial charge in [0.2, 0.25) is 11.8 Å². The monoisotopic (exact) mass is 366 g/mol. The standard InChI is InChI=1S/C17H19ClN2O5/c1-23-9-8-20(10-14-19-13(11-25-14)17(22)24-2)16(21)15(18)12-6-4-3-5-7-12/h3-7,11,15H,8-10H2,1-2H3. The number of aromatic nitrogens is 1. The zero-order chi connectivity index (χ0) is 18.2. The zero-order valence-corrected chi connectivity index (χ0v) is 14.7. The van der Waals surface area contributed by atoms with Gasteiger partial charge < -0.3 is 18.8 Å². The van der Waals surface area contributed by atoms with Crippen molar-refractivity contribution < 1.29 is 23.5 Å². The van der Waals surface area contributed by atoms with Crippen molar-refractivity contribution in [3.05, 3.63) is 53.7 Å². The molecule has 0 aliphatic carbocycles. The Kier molecular flexibility index (Phi) is 6.97. The van der Waals surface area contributed by atoms with Crippen LogP contribution >= 0.6 is 11.6 Å². The molecule has 2 aromatic rings. The van der Waals surface area contributed by atoms with Gasteiger partial charge in [-0.1, -0.05) is 30.3 Å². The Morgan fingerprint density at radius 1 is 1.28 bits per heavy atom. The van der Waals surface area contributed by atoms with E-state index in [-0.39, 0.29) is 24.0 Å². The van der Waals surface area contributed by atoms with E-state index in [1.54, 1.807) is 19.2 Å². The summed E-state index contributed by atoms with van der Waals surface area (Å²) < 4.78 is 14.9. The van der Waals surface area contributed by atoms with Crippen LogP contribution in [0.3, 0.4) is 0 Å². The first-order valence-electron chi connectivity index (χ1n) is 7.56. The summed E-state index contributed by atoms with van der Waals surface area (Å²) >= 11 is 6.32. The van der Waals surface area contributed by atoms with Crippen LogP contribution in [0.1, 0.15) is 27.3 Å². The van der Waals surface area contributed by atoms with Crippen LogP contribution in [0.15, 0.2) is 41.0 Å². The SMILES string of the molecule is COCCN(Cc1nc(C(=O)OC)co1)C(=O)C(Cl)c1ccccc1. The molecule has 8 heteroatoms. The van der Waals surface area contributed by atoms with Crippen LogP contribution in [0.5, 0.6) is 0 Å². The maximum Gasteiger partial charge on any atom is 0.360 e. The van der Waals surface area contributed by atoms with Crippen molar-refractivity contribution in [2.75, 3.05) is 27.4 Å². The molecule has 0 saturated carbocycles. The number of amides is 1. The summed E-state index contributed by atoms with van der Waals surface area (Å²) in [5, 5.41) is -0.840. The highest BCUT2D eigenvalue weighted by Gasteiger charge is 2.25. The molecule has 1 aromatic carbocycles. The van der Waals surface area contributed by atoms with Gasteiger partial charge in [0.05, 0.1) is 20.3 Å². The van der Waals surface area contributed by atoms with Crippen molar-refractivity contribution in [1.29, 1.82) is 0 Å². The number of carbonyl (C=O) groups is 2. The fourth-order valence-corrected chi connectivity index (χ4v) is 2.42. The predicted molar refractivity (Wildman–Crippen MR) is 90.2 cm³/mol. The first-order chi connectivity index (χ1) is 12.1. The fourth-order valence-electron chi connectivity index (χ4n) is 2.14. The number of rotatable bonds is 8. The number of ether oxygens (including phenoxy) is 2. The molecule has 0 aliphatic heterocycles. The van der Waals surface area contributed by atoms with Crippen LogP contribution in [0.4, 0.5) is 0 Å². The van der Waals surface area contributed by atoms with E-state index in [0.29, 0.717) is 18.7 Å². The molecule has 25 heavy (non-hydrogen) atoms. The maximum atomic E-state index is 12.7. The lowest BCUT2D eigenvalue weighted by Crippen LogP contribution is -2.35. The Morgan fingerprint density at radius 3 is 2.64 bits per heavy atom. The number of oxazole rings is 1. The smallest absolute Gasteiger partial charge is 0.360 e. The highest BCUT2D eigenvalue weighted by molar-refractivity contribution is 6.30. The highest BCUT2D eigenvalue weighted by atomic mass is 35.5. The summed E-state index contributed by atoms with van der Waals surface area (Å²) in [6, 6.07) is 9.04. The summed E-state index contributed by atoms with van der Waals surface area (Å²) in [6.45, 7) is 0.700. The lowest BCUT2D eigenvalue weighted by atomic mass is 10.1. The number of benzene rings is 1. The van der Waals surface area contributed by atoms with E-state index in [9.17, 15) is 9.59 Å². The quantitative estimate of drug-likeness (QED) is 0.527. The molecule has 0 saturated heterocycles. The molecule has 0 N–H and O–H groups in total. The minimum atomic E-state index is -0.840. The number of hydrogen-bond acceptors (Lipinski definition) is 6. The average molecular weight is 367 g/mol. The predicted octanol–water partition coefficient (Wildman–Crippen LogP) is 2.42. The van der Waals surface area contributed by atoms with Gasteiger partial charge in [-0.15, -0.1) is 11.6 Å². The number of hydrogen-bond donors (Lipinski definition) is 0. The molecule has 7 nitrogen and oxygen atoms in total. The minimum absolute atomic E-state index is 0.0436. The van der Waals surface area contributed by atoms with E-state index in [1.165, 1.54) is 18.3 Å². The Balaban J connectivity index is 2.13. The molecule has 2 rings (SSSR count). The number of methoxy groups -OCH3 is 2. The van der Waals surface area contributed by atoms with Gasteiger partial charge in [0.15, 0.2) is 5.69 Å². The second kappa shape index (κ2) is 9.19. The molecule has 1 aromatic heterocycles. The second-order valence-corrected chi connectivity index (χ2v) is 5.58. The summed E-state index contributed by atoms with van der Waals surface area (Å²) in [5.41, 5.74) is 0.737. The van der Waals surface area contributed by atoms with Gasteiger partial charge in [-0.3, -0.25) is 4.79 Å². The highest BCUT2D eigenvalue weighted by Crippen LogP contribution is 2.23. The van der Waals surface area contributed by atoms with Crippen molar-refractivity contribution in [2.45, 2.75) is 11.9 Å². The third kappa shape index (κ3) is 5.04. The van der Waals surface area contributed by atoms with E-state index < -0.39 is 11.3 Å². The van der Waals surface area contributed by atoms with Gasteiger partial charge in [-0.25, -0.2) is 9.78 Å². The molecule has 1 heterocycles. The van der Waals surface area contributed by atoms with Crippen LogP contribution in [0.2, 0.25) is 0 Å². The van der Waals surface area contributed by atoms with Crippen LogP contribution in [0.25, 0.3) is 0 Å². The molecular weight excluding hydrogens is 348 g/mol. The molecule has 0 fully saturated rings. The first kappa shape index (κ1) is 19.0. The third-order valence-corrected chi connectivity index (χ3v) is 3.90. The molecule has 0 radical (unpaired) electrons. The van der Waals surface area contributed by atoms with E-state index in [4.69, 9.17) is 20.8 Å². The van der Waals surface area contributed by atoms with Gasteiger partial charge in [-0.2, -0.15) is 0 Å². The number of alkyl halides is 1. The topological polar surface area (TPSA) is 81.9 Å². The van der Waals surface area contributed by atoms with Gasteiger partial charge in [-0.05, 0) is 5.56 Å². The summed E-state index contributed by atoms with van der Waals surface area (Å²) in [6.07, 6.45) is 1.19. The van der Waals surface area contributed by atoms with Crippen molar-refractivity contribution >= 4 is 23.5 Å². The minimum Gasteiger partial charge on any atom is -0.464 e. The van der Waals surface area contributed by atoms with Crippen molar-refractivity contribution in [3.63, 3.8) is 0 Å². The van der Waals surface area contributed by atoms with Crippen molar-refractivity contribution in [1.82, 2.24) is 9.88 Å². The van der Waals surface area contributed by atoms with Crippen LogP contribution in [-0.2, 0) is 20.8 Å². The Morgan fingerprint density at radius 2 is 2.00 bits per heavy atom. The molecule has 1 amide bonds. The van der Waals surface area contributed by atoms with E-state index >= 15 is 0 Å². The second-order valence-electron chi connectivity index (χ2n) is 5.14. The Labute approximate surface area is 150 Å². The van der Waals surface area contributed by atoms with Gasteiger partial charge in [0.1, 0.15) is 11.6 Å². The summed E-state index contributed by atoms with van der Waals surface area (Å²) in [4.78, 5) is 29.7. The lowest BCUT2D eigenvalue weighted by molar-refractivity contribution is -0.132. The fraction of sp³-hybridized carbons (Fsp3) is 0.353. The zero-order valence-electron chi connectivity index (χ0n) is 14.0. The molecule has 0 bridgehead atoms. The molecule has 1 atom stereocenters. The number of halogens is 1. The van der Waals surface area contributed by atoms with E-state index in [0.717, 1.165) is 0 Å². The van der Waals surface area contributed by atoms with Crippen LogP contribution in [-0.4, -0.2) is 49.1 Å². The average Bonchev–Trinajstić information content (AvgIpc) is 3.12. The van der Waals surface area contributed by atoms with Gasteiger partial charge in [0.25, 0.3) is 0 Å². The number of esters is 1. The molecule has 134 valence electrons. The summed E-state index contributed by atoms with van der Waals surface area (Å²) in [5.74, 6) is -0.700. The number of nitrogens with zero attached hydrogens (tertiary/aromatic N) is 2. The maximum absolute atomic E-state index is 12.7. The molecule has 1 unspecified atom stereocenters. The normalized spacial score (nSPS) is 11.8. The third-order valence-electron chi connectivity index (χ3n) is 3.46. The Hall–Kier alpha value is -2.38. The summed E-state index contributed by atoms with van der Waals surface area (Å²) in [7, 11) is 2.79. The van der Waals surface area contributed by atoms with E-state index in [2.05, 4.69) is 9.72 Å².